The van der Waals surface area contributed by atoms with Crippen molar-refractivity contribution in [2.45, 2.75) is 0 Å². The summed E-state index contributed by atoms with van der Waals surface area (Å²) in [5.74, 6) is 0. The maximum atomic E-state index is 8.44. The molecule has 0 spiro atoms. The molecule has 0 aromatic carbocycles. The van der Waals surface area contributed by atoms with Crippen LogP contribution in [0.25, 0.3) is 0 Å². The van der Waals surface area contributed by atoms with Crippen LogP contribution in [-0.4, -0.2) is 20.6 Å². The van der Waals surface area contributed by atoms with Crippen LogP contribution < -0.4 is 174 Å². The minimum Gasteiger partial charge on any atom is -0.907 e. The maximum absolute atomic E-state index is 8.44. The molecule has 0 aliphatic heterocycles. The van der Waals surface area contributed by atoms with Crippen molar-refractivity contribution in [3.8, 4) is 0 Å². The van der Waals surface area contributed by atoms with Gasteiger partial charge in [-0.2, -0.15) is 0 Å². The van der Waals surface area contributed by atoms with Crippen LogP contribution in [0.15, 0.2) is 0 Å². The minimum atomic E-state index is -3.11. The Labute approximate surface area is 201 Å². The Morgan fingerprint density at radius 2 is 0.846 bits per heavy atom. The van der Waals surface area contributed by atoms with Gasteiger partial charge in [-0.05, 0) is 0 Å². The van der Waals surface area contributed by atoms with Gasteiger partial charge in [0.25, 0.3) is 0 Å². The van der Waals surface area contributed by atoms with Crippen molar-refractivity contribution >= 4 is 18.7 Å². The van der Waals surface area contributed by atoms with Crippen LogP contribution >= 0.6 is 0 Å². The summed E-state index contributed by atoms with van der Waals surface area (Å²) in [6, 6.07) is 0. The smallest absolute Gasteiger partial charge is 0.907 e. The zero-order valence-corrected chi connectivity index (χ0v) is 15.5. The molecule has 0 aliphatic carbocycles. The summed E-state index contributed by atoms with van der Waals surface area (Å²) in [6.07, 6.45) is 0. The second kappa shape index (κ2) is 36.0. The summed E-state index contributed by atoms with van der Waals surface area (Å²) in [6.45, 7) is 0. The van der Waals surface area contributed by atoms with Crippen molar-refractivity contribution < 1.29 is 188 Å². The first-order valence-electron chi connectivity index (χ1n) is 1.21. The van der Waals surface area contributed by atoms with Crippen LogP contribution in [0.4, 0.5) is 0 Å². The van der Waals surface area contributed by atoms with Gasteiger partial charge in [-0.15, -0.1) is 11.4 Å². The van der Waals surface area contributed by atoms with Crippen molar-refractivity contribution in [2.24, 2.45) is 0 Å². The Hall–Kier alpha value is 5.08. The molecule has 0 saturated carbocycles. The predicted molar refractivity (Wildman–Crippen MR) is 15.5 cm³/mol. The molecule has 0 heterocycles. The molecule has 0 unspecified atom stereocenters. The quantitative estimate of drug-likeness (QED) is 0.304. The Morgan fingerprint density at radius 1 is 0.846 bits per heavy atom. The minimum absolute atomic E-state index is 0. The van der Waals surface area contributed by atoms with Gasteiger partial charge in [0, 0.05) is 0 Å². The first-order chi connectivity index (χ1) is 3.46. The Kier molecular flexibility index (Phi) is 119. The predicted octanol–water partition coefficient (Wildman–Crippen LogP) is -19.9. The standard InChI is InChI=1S/BO3.2K.3Li.H2O3S/c2-1(3)4;;;;;;1-4(2)3/h;;;;;;(H2,1,2,3)/q-3;5*+1;/p-2. The van der Waals surface area contributed by atoms with Crippen molar-refractivity contribution in [2.75, 3.05) is 0 Å². The van der Waals surface area contributed by atoms with Crippen molar-refractivity contribution in [1.82, 2.24) is 0 Å². The number of hydrogen-bond acceptors (Lipinski definition) is 6. The van der Waals surface area contributed by atoms with E-state index in [1.54, 1.807) is 0 Å². The molecule has 0 aliphatic rings. The molecule has 6 nitrogen and oxygen atoms in total. The first kappa shape index (κ1) is 43.0. The number of hydrogen-bond donors (Lipinski definition) is 0. The van der Waals surface area contributed by atoms with E-state index in [0.29, 0.717) is 0 Å². The van der Waals surface area contributed by atoms with Gasteiger partial charge >= 0.3 is 159 Å². The summed E-state index contributed by atoms with van der Waals surface area (Å²) >= 11 is -3.11. The van der Waals surface area contributed by atoms with Gasteiger partial charge in [0.2, 0.25) is 0 Å². The van der Waals surface area contributed by atoms with Gasteiger partial charge in [0.1, 0.15) is 0 Å². The normalized spacial score (nSPS) is 4.77. The largest absolute Gasteiger partial charge is 1.00 e. The van der Waals surface area contributed by atoms with E-state index < -0.39 is 18.7 Å². The van der Waals surface area contributed by atoms with E-state index in [9.17, 15) is 0 Å². The Morgan fingerprint density at radius 3 is 0.846 bits per heavy atom. The first-order valence-corrected chi connectivity index (χ1v) is 2.21. The fraction of sp³-hybridized carbons (Fsp3) is 0. The molecular formula is BK2Li3O6S. The zero-order valence-electron chi connectivity index (χ0n) is 8.44. The van der Waals surface area contributed by atoms with Gasteiger partial charge in [-0.1, -0.05) is 0 Å². The fourth-order valence-electron chi connectivity index (χ4n) is 0. The van der Waals surface area contributed by atoms with Crippen LogP contribution in [-0.2, 0) is 11.4 Å². The van der Waals surface area contributed by atoms with Crippen LogP contribution in [0, 0.1) is 0 Å². The molecule has 0 bridgehead atoms. The third-order valence-electron chi connectivity index (χ3n) is 0. The molecule has 13 heavy (non-hydrogen) atoms. The van der Waals surface area contributed by atoms with Gasteiger partial charge in [-0.25, -0.2) is 0 Å². The van der Waals surface area contributed by atoms with E-state index >= 15 is 0 Å². The summed E-state index contributed by atoms with van der Waals surface area (Å²) in [5.41, 5.74) is 0. The fourth-order valence-corrected chi connectivity index (χ4v) is 0. The summed E-state index contributed by atoms with van der Waals surface area (Å²) in [4.78, 5) is 0. The third kappa shape index (κ3) is 151. The average molecular weight is 238 g/mol. The summed E-state index contributed by atoms with van der Waals surface area (Å²) in [5, 5.41) is 25.2. The van der Waals surface area contributed by atoms with Crippen molar-refractivity contribution in [3.05, 3.63) is 0 Å². The number of rotatable bonds is 0. The molecule has 0 atom stereocenters. The molecule has 0 fully saturated rings. The molecule has 13 heteroatoms. The Balaban J connectivity index is -0.00000000800. The monoisotopic (exact) mass is 238 g/mol. The van der Waals surface area contributed by atoms with E-state index in [1.807, 2.05) is 0 Å². The summed E-state index contributed by atoms with van der Waals surface area (Å²) < 4.78 is 25.3. The Bertz CT molecular complexity index is 70.1. The molecule has 0 aromatic heterocycles. The van der Waals surface area contributed by atoms with E-state index in [-0.39, 0.29) is 159 Å². The van der Waals surface area contributed by atoms with E-state index in [4.69, 9.17) is 28.4 Å². The van der Waals surface area contributed by atoms with E-state index in [1.165, 1.54) is 0 Å². The molecule has 0 rings (SSSR count). The molecular weight excluding hydrogens is 238 g/mol. The average Bonchev–Trinajstić information content (AvgIpc) is 1.25. The van der Waals surface area contributed by atoms with Crippen molar-refractivity contribution in [3.63, 3.8) is 0 Å². The van der Waals surface area contributed by atoms with E-state index in [0.717, 1.165) is 0 Å². The zero-order chi connectivity index (χ0) is 7.15. The van der Waals surface area contributed by atoms with Crippen LogP contribution in [0.3, 0.4) is 0 Å². The van der Waals surface area contributed by atoms with Crippen LogP contribution in [0.5, 0.6) is 0 Å². The van der Waals surface area contributed by atoms with Crippen LogP contribution in [0.2, 0.25) is 0 Å². The van der Waals surface area contributed by atoms with Crippen molar-refractivity contribution in [1.29, 1.82) is 0 Å². The van der Waals surface area contributed by atoms with Gasteiger partial charge in [0.15, 0.2) is 0 Å². The second-order valence-corrected chi connectivity index (χ2v) is 0.901. The molecule has 0 amide bonds. The van der Waals surface area contributed by atoms with E-state index in [2.05, 4.69) is 0 Å². The molecule has 50 valence electrons. The maximum Gasteiger partial charge on any atom is 1.00 e. The SMILES string of the molecule is O=S([O-])[O-].[K+].[K+].[Li+].[Li+].[Li+].[O-]B([O-])[O-]. The summed E-state index contributed by atoms with van der Waals surface area (Å²) in [7, 11) is -2.92. The van der Waals surface area contributed by atoms with Gasteiger partial charge < -0.3 is 24.2 Å². The van der Waals surface area contributed by atoms with Gasteiger partial charge in [0.05, 0.1) is 0 Å². The van der Waals surface area contributed by atoms with Crippen LogP contribution in [0.1, 0.15) is 0 Å². The third-order valence-corrected chi connectivity index (χ3v) is 0. The molecule has 0 radical (unpaired) electrons. The molecule has 0 aromatic rings. The van der Waals surface area contributed by atoms with Gasteiger partial charge in [-0.3, -0.25) is 11.5 Å². The molecule has 0 saturated heterocycles. The topological polar surface area (TPSA) is 132 Å². The molecule has 0 N–H and O–H groups in total. The second-order valence-electron chi connectivity index (χ2n) is 0.493.